The van der Waals surface area contributed by atoms with Gasteiger partial charge in [0.1, 0.15) is 5.76 Å². The number of amides is 1. The summed E-state index contributed by atoms with van der Waals surface area (Å²) in [6.45, 7) is 10.7. The molecule has 1 aliphatic rings. The van der Waals surface area contributed by atoms with Crippen molar-refractivity contribution >= 4 is 11.7 Å². The zero-order chi connectivity index (χ0) is 19.3. The summed E-state index contributed by atoms with van der Waals surface area (Å²) in [4.78, 5) is 12.3. The molecule has 0 bridgehead atoms. The largest absolute Gasteiger partial charge is 0.497 e. The first kappa shape index (κ1) is 20.2. The van der Waals surface area contributed by atoms with E-state index in [1.165, 1.54) is 0 Å². The molecule has 2 unspecified atom stereocenters. The van der Waals surface area contributed by atoms with Gasteiger partial charge in [0.25, 0.3) is 0 Å². The lowest BCUT2D eigenvalue weighted by molar-refractivity contribution is -0.115. The Morgan fingerprint density at radius 1 is 1.46 bits per heavy atom. The molecule has 0 aromatic carbocycles. The molecule has 2 rings (SSSR count). The summed E-state index contributed by atoms with van der Waals surface area (Å²) in [7, 11) is 0. The number of anilines is 1. The van der Waals surface area contributed by atoms with E-state index < -0.39 is 0 Å². The van der Waals surface area contributed by atoms with Gasteiger partial charge in [-0.2, -0.15) is 0 Å². The second-order valence-corrected chi connectivity index (χ2v) is 8.15. The maximum absolute atomic E-state index is 12.3. The second-order valence-electron chi connectivity index (χ2n) is 8.15. The predicted molar refractivity (Wildman–Crippen MR) is 101 cm³/mol. The van der Waals surface area contributed by atoms with E-state index in [2.05, 4.69) is 17.4 Å². The van der Waals surface area contributed by atoms with E-state index >= 15 is 0 Å². The van der Waals surface area contributed by atoms with E-state index in [0.717, 1.165) is 23.5 Å². The predicted octanol–water partition coefficient (Wildman–Crippen LogP) is 3.80. The van der Waals surface area contributed by atoms with Gasteiger partial charge in [-0.25, -0.2) is 0 Å². The Morgan fingerprint density at radius 2 is 2.19 bits per heavy atom. The SMILES string of the molecule is CC(CO)COC1=CC=C(CC(=O)Nc2cc(C(C)(C)C)on2)CC1C. The Kier molecular flexibility index (Phi) is 6.64. The van der Waals surface area contributed by atoms with Crippen molar-refractivity contribution in [3.8, 4) is 0 Å². The molecular weight excluding hydrogens is 332 g/mol. The molecule has 0 aliphatic heterocycles. The molecule has 6 heteroatoms. The van der Waals surface area contributed by atoms with Gasteiger partial charge in [0.05, 0.1) is 12.4 Å². The standard InChI is InChI=1S/C20H30N2O4/c1-13(11-23)12-25-16-7-6-15(8-14(16)2)9-19(24)21-18-10-17(26-22-18)20(3,4)5/h6-7,10,13-14,23H,8-9,11-12H2,1-5H3,(H,21,22,24). The number of allylic oxidation sites excluding steroid dienone is 3. The molecule has 1 aromatic heterocycles. The van der Waals surface area contributed by atoms with Crippen LogP contribution < -0.4 is 5.32 Å². The number of hydrogen-bond donors (Lipinski definition) is 2. The number of aromatic nitrogens is 1. The fourth-order valence-electron chi connectivity index (χ4n) is 2.62. The molecule has 1 aromatic rings. The van der Waals surface area contributed by atoms with E-state index in [1.54, 1.807) is 6.07 Å². The van der Waals surface area contributed by atoms with Crippen LogP contribution in [0.2, 0.25) is 0 Å². The van der Waals surface area contributed by atoms with Gasteiger partial charge in [0.15, 0.2) is 5.82 Å². The van der Waals surface area contributed by atoms with Gasteiger partial charge in [0.2, 0.25) is 5.91 Å². The molecule has 0 spiro atoms. The molecule has 0 saturated carbocycles. The average Bonchev–Trinajstić information content (AvgIpc) is 3.02. The maximum atomic E-state index is 12.3. The van der Waals surface area contributed by atoms with Crippen molar-refractivity contribution in [1.29, 1.82) is 0 Å². The molecule has 6 nitrogen and oxygen atoms in total. The minimum absolute atomic E-state index is 0.108. The highest BCUT2D eigenvalue weighted by Gasteiger charge is 2.22. The number of aliphatic hydroxyl groups excluding tert-OH is 1. The number of ether oxygens (including phenoxy) is 1. The molecular formula is C20H30N2O4. The van der Waals surface area contributed by atoms with Crippen molar-refractivity contribution in [3.05, 3.63) is 35.3 Å². The summed E-state index contributed by atoms with van der Waals surface area (Å²) in [5, 5.41) is 15.8. The molecule has 0 saturated heterocycles. The summed E-state index contributed by atoms with van der Waals surface area (Å²) in [5.41, 5.74) is 0.906. The second kappa shape index (κ2) is 8.54. The fourth-order valence-corrected chi connectivity index (χ4v) is 2.62. The first-order valence-corrected chi connectivity index (χ1v) is 9.09. The van der Waals surface area contributed by atoms with Gasteiger partial charge < -0.3 is 19.7 Å². The summed E-state index contributed by atoms with van der Waals surface area (Å²) in [6, 6.07) is 1.77. The number of rotatable bonds is 7. The lowest BCUT2D eigenvalue weighted by atomic mass is 9.92. The van der Waals surface area contributed by atoms with E-state index in [4.69, 9.17) is 14.4 Å². The number of hydrogen-bond acceptors (Lipinski definition) is 5. The van der Waals surface area contributed by atoms with Gasteiger partial charge in [-0.3, -0.25) is 4.79 Å². The Balaban J connectivity index is 1.90. The molecule has 144 valence electrons. The Bertz CT molecular complexity index is 682. The zero-order valence-electron chi connectivity index (χ0n) is 16.3. The molecule has 0 radical (unpaired) electrons. The lowest BCUT2D eigenvalue weighted by Crippen LogP contribution is -2.17. The highest BCUT2D eigenvalue weighted by molar-refractivity contribution is 5.91. The Hall–Kier alpha value is -2.08. The van der Waals surface area contributed by atoms with Crippen LogP contribution in [-0.4, -0.2) is 29.4 Å². The zero-order valence-corrected chi connectivity index (χ0v) is 16.3. The van der Waals surface area contributed by atoms with Crippen molar-refractivity contribution in [2.24, 2.45) is 11.8 Å². The average molecular weight is 362 g/mol. The number of carbonyl (C=O) groups is 1. The number of nitrogens with one attached hydrogen (secondary N) is 1. The molecule has 1 aliphatic carbocycles. The first-order valence-electron chi connectivity index (χ1n) is 9.09. The topological polar surface area (TPSA) is 84.6 Å². The number of carbonyl (C=O) groups excluding carboxylic acids is 1. The maximum Gasteiger partial charge on any atom is 0.229 e. The van der Waals surface area contributed by atoms with Crippen LogP contribution in [0.4, 0.5) is 5.82 Å². The van der Waals surface area contributed by atoms with Gasteiger partial charge >= 0.3 is 0 Å². The Labute approximate surface area is 155 Å². The van der Waals surface area contributed by atoms with Crippen LogP contribution >= 0.6 is 0 Å². The monoisotopic (exact) mass is 362 g/mol. The quantitative estimate of drug-likeness (QED) is 0.771. The third-order valence-electron chi connectivity index (χ3n) is 4.29. The Morgan fingerprint density at radius 3 is 2.77 bits per heavy atom. The summed E-state index contributed by atoms with van der Waals surface area (Å²) < 4.78 is 11.0. The third kappa shape index (κ3) is 5.73. The van der Waals surface area contributed by atoms with Gasteiger partial charge in [-0.05, 0) is 12.5 Å². The summed E-state index contributed by atoms with van der Waals surface area (Å²) >= 11 is 0. The van der Waals surface area contributed by atoms with Crippen LogP contribution in [0.5, 0.6) is 0 Å². The van der Waals surface area contributed by atoms with E-state index in [9.17, 15) is 4.79 Å². The first-order chi connectivity index (χ1) is 12.2. The highest BCUT2D eigenvalue weighted by atomic mass is 16.5. The van der Waals surface area contributed by atoms with Gasteiger partial charge in [0, 0.05) is 36.3 Å². The molecule has 0 fully saturated rings. The molecule has 2 N–H and O–H groups in total. The fraction of sp³-hybridized carbons (Fsp3) is 0.600. The van der Waals surface area contributed by atoms with Crippen molar-refractivity contribution in [2.75, 3.05) is 18.5 Å². The van der Waals surface area contributed by atoms with Crippen molar-refractivity contribution in [3.63, 3.8) is 0 Å². The van der Waals surface area contributed by atoms with Gasteiger partial charge in [-0.15, -0.1) is 0 Å². The normalized spacial score (nSPS) is 18.8. The van der Waals surface area contributed by atoms with Crippen LogP contribution in [0, 0.1) is 11.8 Å². The van der Waals surface area contributed by atoms with E-state index in [1.807, 2.05) is 39.8 Å². The van der Waals surface area contributed by atoms with E-state index in [-0.39, 0.29) is 29.8 Å². The number of aliphatic hydroxyl groups is 1. The van der Waals surface area contributed by atoms with Crippen LogP contribution in [0.3, 0.4) is 0 Å². The summed E-state index contributed by atoms with van der Waals surface area (Å²) in [5.74, 6) is 2.31. The molecule has 1 heterocycles. The third-order valence-corrected chi connectivity index (χ3v) is 4.29. The van der Waals surface area contributed by atoms with Gasteiger partial charge in [-0.1, -0.05) is 51.4 Å². The van der Waals surface area contributed by atoms with E-state index in [0.29, 0.717) is 18.8 Å². The molecule has 26 heavy (non-hydrogen) atoms. The molecule has 1 amide bonds. The number of nitrogens with zero attached hydrogens (tertiary/aromatic N) is 1. The van der Waals surface area contributed by atoms with Crippen LogP contribution in [0.15, 0.2) is 34.1 Å². The lowest BCUT2D eigenvalue weighted by Gasteiger charge is -2.23. The van der Waals surface area contributed by atoms with Crippen molar-refractivity contribution in [2.45, 2.75) is 52.9 Å². The summed E-state index contributed by atoms with van der Waals surface area (Å²) in [6.07, 6.45) is 4.97. The van der Waals surface area contributed by atoms with Crippen molar-refractivity contribution < 1.29 is 19.2 Å². The van der Waals surface area contributed by atoms with Crippen LogP contribution in [0.25, 0.3) is 0 Å². The molecule has 2 atom stereocenters. The van der Waals surface area contributed by atoms with Crippen LogP contribution in [-0.2, 0) is 14.9 Å². The van der Waals surface area contributed by atoms with Crippen molar-refractivity contribution in [1.82, 2.24) is 5.16 Å². The smallest absolute Gasteiger partial charge is 0.229 e. The highest BCUT2D eigenvalue weighted by Crippen LogP contribution is 2.28. The minimum Gasteiger partial charge on any atom is -0.497 e. The minimum atomic E-state index is -0.147. The van der Waals surface area contributed by atoms with Crippen LogP contribution in [0.1, 0.15) is 53.2 Å².